The minimum absolute atomic E-state index is 0.275. The summed E-state index contributed by atoms with van der Waals surface area (Å²) in [4.78, 5) is 0. The molecule has 0 N–H and O–H groups in total. The molecule has 0 aliphatic rings. The molecule has 0 aliphatic carbocycles. The molecule has 0 rings (SSSR count). The lowest BCUT2D eigenvalue weighted by Crippen LogP contribution is -1.79. The number of hydrogen-bond donors (Lipinski definition) is 0. The van der Waals surface area contributed by atoms with Crippen molar-refractivity contribution in [3.05, 3.63) is 11.4 Å². The van der Waals surface area contributed by atoms with E-state index in [4.69, 9.17) is 5.26 Å². The van der Waals surface area contributed by atoms with Gasteiger partial charge in [-0.25, -0.2) is 4.39 Å². The molecule has 0 aliphatic heterocycles. The van der Waals surface area contributed by atoms with E-state index in [0.29, 0.717) is 12.8 Å². The van der Waals surface area contributed by atoms with Crippen LogP contribution < -0.4 is 0 Å². The number of nitriles is 1. The summed E-state index contributed by atoms with van der Waals surface area (Å²) in [5.41, 5.74) is 0.275. The van der Waals surface area contributed by atoms with Gasteiger partial charge in [-0.05, 0) is 12.8 Å². The van der Waals surface area contributed by atoms with Crippen LogP contribution in [-0.4, -0.2) is 0 Å². The maximum atomic E-state index is 12.5. The monoisotopic (exact) mass is 157 g/mol. The van der Waals surface area contributed by atoms with Gasteiger partial charge < -0.3 is 0 Å². The molecule has 64 valence electrons. The van der Waals surface area contributed by atoms with E-state index in [9.17, 15) is 4.39 Å². The van der Waals surface area contributed by atoms with Crippen molar-refractivity contribution in [2.45, 2.75) is 40.5 Å². The van der Waals surface area contributed by atoms with Crippen LogP contribution in [0.15, 0.2) is 11.4 Å². The van der Waals surface area contributed by atoms with Gasteiger partial charge in [0.15, 0.2) is 0 Å². The van der Waals surface area contributed by atoms with E-state index in [1.54, 1.807) is 13.8 Å². The molecule has 0 radical (unpaired) electrons. The molecular weight excluding hydrogens is 141 g/mol. The lowest BCUT2D eigenvalue weighted by atomic mass is 10.2. The molecule has 0 aromatic heterocycles. The minimum atomic E-state index is -0.278. The fourth-order valence-corrected chi connectivity index (χ4v) is 0.545. The summed E-state index contributed by atoms with van der Waals surface area (Å²) in [6.07, 6.45) is 0.826. The van der Waals surface area contributed by atoms with Crippen molar-refractivity contribution >= 4 is 0 Å². The zero-order valence-electron chi connectivity index (χ0n) is 7.74. The molecule has 2 heteroatoms. The first-order chi connectivity index (χ1) is 5.26. The molecule has 0 saturated carbocycles. The summed E-state index contributed by atoms with van der Waals surface area (Å²) >= 11 is 0. The van der Waals surface area contributed by atoms with Gasteiger partial charge in [0.2, 0.25) is 0 Å². The molecule has 0 heterocycles. The van der Waals surface area contributed by atoms with Crippen LogP contribution in [0.2, 0.25) is 0 Å². The average Bonchev–Trinajstić information content (AvgIpc) is 2.10. The van der Waals surface area contributed by atoms with Crippen LogP contribution in [0, 0.1) is 11.3 Å². The Morgan fingerprint density at radius 2 is 1.73 bits per heavy atom. The molecule has 0 fully saturated rings. The van der Waals surface area contributed by atoms with Crippen LogP contribution in [0.5, 0.6) is 0 Å². The number of nitrogens with zero attached hydrogens (tertiary/aromatic N) is 1. The first kappa shape index (κ1) is 12.8. The molecule has 1 nitrogen and oxygen atoms in total. The Morgan fingerprint density at radius 1 is 1.27 bits per heavy atom. The van der Waals surface area contributed by atoms with Crippen molar-refractivity contribution in [3.8, 4) is 6.07 Å². The van der Waals surface area contributed by atoms with Crippen LogP contribution in [0.3, 0.4) is 0 Å². The van der Waals surface area contributed by atoms with Crippen molar-refractivity contribution in [3.63, 3.8) is 0 Å². The molecule has 0 atom stereocenters. The van der Waals surface area contributed by atoms with E-state index in [2.05, 4.69) is 0 Å². The molecule has 11 heavy (non-hydrogen) atoms. The van der Waals surface area contributed by atoms with Crippen molar-refractivity contribution in [2.24, 2.45) is 0 Å². The minimum Gasteiger partial charge on any atom is -0.211 e. The van der Waals surface area contributed by atoms with Crippen LogP contribution in [0.25, 0.3) is 0 Å². The number of hydrogen-bond acceptors (Lipinski definition) is 1. The summed E-state index contributed by atoms with van der Waals surface area (Å²) in [6, 6.07) is 1.81. The molecule has 0 amide bonds. The van der Waals surface area contributed by atoms with E-state index in [1.807, 2.05) is 19.9 Å². The highest BCUT2D eigenvalue weighted by Crippen LogP contribution is 2.11. The zero-order valence-corrected chi connectivity index (χ0v) is 7.74. The predicted octanol–water partition coefficient (Wildman–Crippen LogP) is 3.58. The van der Waals surface area contributed by atoms with Crippen molar-refractivity contribution < 1.29 is 4.39 Å². The highest BCUT2D eigenvalue weighted by molar-refractivity contribution is 5.23. The topological polar surface area (TPSA) is 23.8 Å². The second kappa shape index (κ2) is 9.16. The predicted molar refractivity (Wildman–Crippen MR) is 45.7 cm³/mol. The fourth-order valence-electron chi connectivity index (χ4n) is 0.545. The van der Waals surface area contributed by atoms with Gasteiger partial charge in [0.1, 0.15) is 5.83 Å². The van der Waals surface area contributed by atoms with Gasteiger partial charge >= 0.3 is 0 Å². The SMILES string of the molecule is CC.CC/C(F)=C(/C#N)CC. The van der Waals surface area contributed by atoms with Gasteiger partial charge in [-0.15, -0.1) is 0 Å². The van der Waals surface area contributed by atoms with E-state index < -0.39 is 0 Å². The smallest absolute Gasteiger partial charge is 0.113 e. The van der Waals surface area contributed by atoms with Crippen molar-refractivity contribution in [1.82, 2.24) is 0 Å². The van der Waals surface area contributed by atoms with Gasteiger partial charge in [0.25, 0.3) is 0 Å². The fraction of sp³-hybridized carbons (Fsp3) is 0.667. The quantitative estimate of drug-likeness (QED) is 0.562. The lowest BCUT2D eigenvalue weighted by molar-refractivity contribution is 0.592. The molecule has 0 aromatic carbocycles. The highest BCUT2D eigenvalue weighted by Gasteiger charge is 1.98. The zero-order chi connectivity index (χ0) is 9.28. The van der Waals surface area contributed by atoms with Gasteiger partial charge in [0, 0.05) is 0 Å². The summed E-state index contributed by atoms with van der Waals surface area (Å²) in [5.74, 6) is -0.278. The summed E-state index contributed by atoms with van der Waals surface area (Å²) in [7, 11) is 0. The Kier molecular flexibility index (Phi) is 10.7. The molecule has 0 bridgehead atoms. The third-order valence-electron chi connectivity index (χ3n) is 1.13. The Balaban J connectivity index is 0. The largest absolute Gasteiger partial charge is 0.211 e. The highest BCUT2D eigenvalue weighted by atomic mass is 19.1. The number of rotatable bonds is 2. The van der Waals surface area contributed by atoms with Crippen LogP contribution in [0.4, 0.5) is 4.39 Å². The average molecular weight is 157 g/mol. The van der Waals surface area contributed by atoms with E-state index in [0.717, 1.165) is 0 Å². The van der Waals surface area contributed by atoms with E-state index >= 15 is 0 Å². The number of allylic oxidation sites excluding steroid dienone is 2. The molecule has 0 aromatic rings. The molecule has 0 spiro atoms. The van der Waals surface area contributed by atoms with Crippen molar-refractivity contribution in [1.29, 1.82) is 5.26 Å². The van der Waals surface area contributed by atoms with Gasteiger partial charge in [0.05, 0.1) is 11.6 Å². The molecular formula is C9H16FN. The van der Waals surface area contributed by atoms with Crippen LogP contribution in [0.1, 0.15) is 40.5 Å². The maximum Gasteiger partial charge on any atom is 0.113 e. The second-order valence-corrected chi connectivity index (χ2v) is 1.70. The summed E-state index contributed by atoms with van der Waals surface area (Å²) in [6.45, 7) is 7.47. The third kappa shape index (κ3) is 5.60. The van der Waals surface area contributed by atoms with Gasteiger partial charge in [-0.2, -0.15) is 5.26 Å². The lowest BCUT2D eigenvalue weighted by Gasteiger charge is -1.92. The van der Waals surface area contributed by atoms with Crippen LogP contribution >= 0.6 is 0 Å². The molecule has 0 saturated heterocycles. The Morgan fingerprint density at radius 3 is 1.82 bits per heavy atom. The molecule has 0 unspecified atom stereocenters. The van der Waals surface area contributed by atoms with Crippen molar-refractivity contribution in [2.75, 3.05) is 0 Å². The third-order valence-corrected chi connectivity index (χ3v) is 1.13. The normalized spacial score (nSPS) is 10.5. The van der Waals surface area contributed by atoms with Gasteiger partial charge in [-0.3, -0.25) is 0 Å². The second-order valence-electron chi connectivity index (χ2n) is 1.70. The summed E-state index contributed by atoms with van der Waals surface area (Å²) in [5, 5.41) is 8.28. The Labute approximate surface area is 68.5 Å². The summed E-state index contributed by atoms with van der Waals surface area (Å²) < 4.78 is 12.5. The standard InChI is InChI=1S/C7H10FN.C2H6/c1-3-6(5-9)7(8)4-2;1-2/h3-4H2,1-2H3;1-2H3/b7-6-;. The van der Waals surface area contributed by atoms with E-state index in [-0.39, 0.29) is 11.4 Å². The van der Waals surface area contributed by atoms with Crippen LogP contribution in [-0.2, 0) is 0 Å². The maximum absolute atomic E-state index is 12.5. The Bertz CT molecular complexity index is 153. The number of halogens is 1. The van der Waals surface area contributed by atoms with Gasteiger partial charge in [-0.1, -0.05) is 27.7 Å². The van der Waals surface area contributed by atoms with E-state index in [1.165, 1.54) is 0 Å². The first-order valence-electron chi connectivity index (χ1n) is 4.03. The Hall–Kier alpha value is -0.840. The first-order valence-corrected chi connectivity index (χ1v) is 4.03.